The van der Waals surface area contributed by atoms with Crippen LogP contribution in [0.2, 0.25) is 0 Å². The number of imide groups is 1. The number of hydrogen-bond acceptors (Lipinski definition) is 11. The van der Waals surface area contributed by atoms with E-state index < -0.39 is 11.9 Å². The molecule has 0 bridgehead atoms. The number of carbonyl (C=O) groups excluding carboxylic acids is 4. The third kappa shape index (κ3) is 8.00. The number of benzene rings is 2. The lowest BCUT2D eigenvalue weighted by Gasteiger charge is -2.63. The molecule has 62 heavy (non-hydrogen) atoms. The average Bonchev–Trinajstić information content (AvgIpc) is 3.55. The number of nitrogens with one attached hydrogen (secondary N) is 2. The average molecular weight is 845 g/mol. The second-order valence-electron chi connectivity index (χ2n) is 19.6. The van der Waals surface area contributed by atoms with Gasteiger partial charge in [-0.3, -0.25) is 29.4 Å². The highest BCUT2D eigenvalue weighted by atomic mass is 16.5. The molecular formula is C48H60N8O6. The van der Waals surface area contributed by atoms with Gasteiger partial charge in [0.05, 0.1) is 30.6 Å². The standard InChI is InChI=1S/C48H60N8O6/c1-27(2)55(31-20-33(21-31)61-39-11-9-10-34-36(39)26-56(44(34)60)38-12-13-41(57)52-43(38)59)25-30-14-16-54(17-15-30)40-24-50-37(23-51-40)42(58)53-45-47(5,6)46(48(45,7)8)62-32-18-28(3)35(22-49)29(4)19-32/h9-11,18-19,23-24,27,30-31,33,38,45-46H,12-17,20-21,25-26H2,1-8H3,(H,53,58)(H,52,57,59). The fraction of sp³-hybridized carbons (Fsp3) is 0.562. The fourth-order valence-corrected chi connectivity index (χ4v) is 11.1. The summed E-state index contributed by atoms with van der Waals surface area (Å²) < 4.78 is 13.1. The largest absolute Gasteiger partial charge is 0.490 e. The zero-order valence-corrected chi connectivity index (χ0v) is 37.3. The summed E-state index contributed by atoms with van der Waals surface area (Å²) in [5.74, 6) is 1.59. The maximum atomic E-state index is 13.5. The molecule has 4 heterocycles. The lowest BCUT2D eigenvalue weighted by atomic mass is 9.49. The predicted octanol–water partition coefficient (Wildman–Crippen LogP) is 5.87. The van der Waals surface area contributed by atoms with Gasteiger partial charge >= 0.3 is 0 Å². The van der Waals surface area contributed by atoms with Gasteiger partial charge in [0, 0.05) is 79.0 Å². The van der Waals surface area contributed by atoms with Crippen molar-refractivity contribution in [2.24, 2.45) is 16.7 Å². The Labute approximate surface area is 364 Å². The molecule has 0 spiro atoms. The second-order valence-corrected chi connectivity index (χ2v) is 19.6. The van der Waals surface area contributed by atoms with Crippen molar-refractivity contribution in [3.63, 3.8) is 0 Å². The summed E-state index contributed by atoms with van der Waals surface area (Å²) >= 11 is 0. The van der Waals surface area contributed by atoms with Crippen molar-refractivity contribution in [1.29, 1.82) is 5.26 Å². The smallest absolute Gasteiger partial charge is 0.271 e. The molecule has 2 aliphatic carbocycles. The lowest BCUT2D eigenvalue weighted by Crippen LogP contribution is -2.74. The van der Waals surface area contributed by atoms with Crippen LogP contribution >= 0.6 is 0 Å². The van der Waals surface area contributed by atoms with Crippen molar-refractivity contribution in [2.75, 3.05) is 24.5 Å². The maximum absolute atomic E-state index is 13.5. The van der Waals surface area contributed by atoms with Gasteiger partial charge in [-0.15, -0.1) is 0 Å². The highest BCUT2D eigenvalue weighted by Crippen LogP contribution is 2.55. The molecule has 2 saturated heterocycles. The van der Waals surface area contributed by atoms with Gasteiger partial charge in [-0.25, -0.2) is 9.97 Å². The molecule has 2 saturated carbocycles. The molecule has 3 aliphatic heterocycles. The van der Waals surface area contributed by atoms with E-state index in [4.69, 9.17) is 14.5 Å². The molecule has 14 heteroatoms. The number of anilines is 1. The van der Waals surface area contributed by atoms with Crippen LogP contribution in [0.15, 0.2) is 42.7 Å². The number of nitrogens with zero attached hydrogens (tertiary/aromatic N) is 6. The Balaban J connectivity index is 0.802. The van der Waals surface area contributed by atoms with Gasteiger partial charge in [-0.05, 0) is 88.3 Å². The molecule has 4 fully saturated rings. The molecule has 3 aromatic rings. The van der Waals surface area contributed by atoms with E-state index in [1.165, 1.54) is 0 Å². The molecule has 1 atom stereocenters. The van der Waals surface area contributed by atoms with Crippen molar-refractivity contribution in [1.82, 2.24) is 30.4 Å². The molecule has 2 aromatic carbocycles. The van der Waals surface area contributed by atoms with Crippen molar-refractivity contribution >= 4 is 29.4 Å². The quantitative estimate of drug-likeness (QED) is 0.209. The van der Waals surface area contributed by atoms with Gasteiger partial charge in [0.1, 0.15) is 41.3 Å². The minimum atomic E-state index is -0.654. The second kappa shape index (κ2) is 16.6. The topological polar surface area (TPSA) is 170 Å². The number of piperidine rings is 2. The summed E-state index contributed by atoms with van der Waals surface area (Å²) in [6, 6.07) is 11.6. The fourth-order valence-electron chi connectivity index (χ4n) is 11.1. The number of amides is 4. The van der Waals surface area contributed by atoms with Crippen molar-refractivity contribution in [3.8, 4) is 17.6 Å². The predicted molar refractivity (Wildman–Crippen MR) is 233 cm³/mol. The summed E-state index contributed by atoms with van der Waals surface area (Å²) in [6.07, 6.45) is 7.61. The van der Waals surface area contributed by atoms with Gasteiger partial charge in [-0.2, -0.15) is 5.26 Å². The van der Waals surface area contributed by atoms with Gasteiger partial charge in [-0.1, -0.05) is 33.8 Å². The zero-order valence-electron chi connectivity index (χ0n) is 37.3. The Morgan fingerprint density at radius 3 is 2.31 bits per heavy atom. The first-order valence-electron chi connectivity index (χ1n) is 22.2. The zero-order chi connectivity index (χ0) is 44.2. The molecule has 328 valence electrons. The highest BCUT2D eigenvalue weighted by Gasteiger charge is 2.64. The Hall–Kier alpha value is -5.55. The first-order chi connectivity index (χ1) is 29.5. The van der Waals surface area contributed by atoms with Crippen LogP contribution in [-0.2, 0) is 16.1 Å². The summed E-state index contributed by atoms with van der Waals surface area (Å²) in [5.41, 5.74) is 3.39. The molecule has 5 aliphatic rings. The Bertz CT molecular complexity index is 2250. The van der Waals surface area contributed by atoms with Crippen LogP contribution < -0.4 is 25.0 Å². The first kappa shape index (κ1) is 43.1. The molecule has 8 rings (SSSR count). The van der Waals surface area contributed by atoms with Crippen molar-refractivity contribution in [2.45, 2.75) is 137 Å². The molecule has 0 radical (unpaired) electrons. The normalized spacial score (nSPS) is 25.4. The lowest BCUT2D eigenvalue weighted by molar-refractivity contribution is -0.164. The van der Waals surface area contributed by atoms with Crippen LogP contribution in [-0.4, -0.2) is 99.4 Å². The van der Waals surface area contributed by atoms with E-state index in [9.17, 15) is 24.4 Å². The van der Waals surface area contributed by atoms with Gasteiger partial charge in [0.2, 0.25) is 11.8 Å². The number of fused-ring (bicyclic) bond motifs is 1. The minimum absolute atomic E-state index is 0.0458. The van der Waals surface area contributed by atoms with E-state index in [1.54, 1.807) is 23.4 Å². The summed E-state index contributed by atoms with van der Waals surface area (Å²) in [7, 11) is 0. The third-order valence-electron chi connectivity index (χ3n) is 14.3. The number of aromatic nitrogens is 2. The number of rotatable bonds is 12. The number of hydrogen-bond donors (Lipinski definition) is 2. The van der Waals surface area contributed by atoms with Crippen LogP contribution in [0, 0.1) is 41.9 Å². The summed E-state index contributed by atoms with van der Waals surface area (Å²) in [6.45, 7) is 19.8. The van der Waals surface area contributed by atoms with Crippen LogP contribution in [0.4, 0.5) is 5.82 Å². The van der Waals surface area contributed by atoms with E-state index >= 15 is 0 Å². The molecule has 1 aromatic heterocycles. The number of aryl methyl sites for hydroxylation is 2. The van der Waals surface area contributed by atoms with Crippen LogP contribution in [0.25, 0.3) is 0 Å². The monoisotopic (exact) mass is 844 g/mol. The van der Waals surface area contributed by atoms with Gasteiger partial charge in [0.15, 0.2) is 0 Å². The molecule has 4 amide bonds. The van der Waals surface area contributed by atoms with Crippen molar-refractivity contribution < 1.29 is 28.7 Å². The minimum Gasteiger partial charge on any atom is -0.490 e. The molecular weight excluding hydrogens is 785 g/mol. The highest BCUT2D eigenvalue weighted by molar-refractivity contribution is 6.05. The Morgan fingerprint density at radius 1 is 1.00 bits per heavy atom. The molecule has 1 unspecified atom stereocenters. The SMILES string of the molecule is Cc1cc(OC2C(C)(C)C(NC(=O)c3cnc(N4CCC(CN(C(C)C)C5CC(Oc6cccc7c6CN(C6CCC(=O)NC6=O)C7=O)C5)CC4)cn3)C2(C)C)cc(C)c1C#N. The van der Waals surface area contributed by atoms with E-state index in [0.29, 0.717) is 47.8 Å². The molecule has 14 nitrogen and oxygen atoms in total. The number of nitriles is 1. The van der Waals surface area contributed by atoms with Gasteiger partial charge < -0.3 is 24.6 Å². The maximum Gasteiger partial charge on any atom is 0.271 e. The van der Waals surface area contributed by atoms with E-state index in [1.807, 2.05) is 38.1 Å². The van der Waals surface area contributed by atoms with E-state index in [0.717, 1.165) is 73.6 Å². The van der Waals surface area contributed by atoms with Crippen molar-refractivity contribution in [3.05, 3.63) is 76.2 Å². The summed E-state index contributed by atoms with van der Waals surface area (Å²) in [4.78, 5) is 66.8. The van der Waals surface area contributed by atoms with Crippen LogP contribution in [0.1, 0.15) is 123 Å². The number of ether oxygens (including phenoxy) is 2. The number of carbonyl (C=O) groups is 4. The summed E-state index contributed by atoms with van der Waals surface area (Å²) in [5, 5.41) is 15.1. The third-order valence-corrected chi connectivity index (χ3v) is 14.3. The van der Waals surface area contributed by atoms with Crippen LogP contribution in [0.5, 0.6) is 11.5 Å². The first-order valence-corrected chi connectivity index (χ1v) is 22.2. The van der Waals surface area contributed by atoms with E-state index in [2.05, 4.69) is 73.0 Å². The van der Waals surface area contributed by atoms with Gasteiger partial charge in [0.25, 0.3) is 11.8 Å². The van der Waals surface area contributed by atoms with E-state index in [-0.39, 0.29) is 58.9 Å². The Morgan fingerprint density at radius 2 is 1.69 bits per heavy atom. The Kier molecular flexibility index (Phi) is 11.6. The van der Waals surface area contributed by atoms with Crippen LogP contribution in [0.3, 0.4) is 0 Å². The molecule has 2 N–H and O–H groups in total.